The number of fused-ring (bicyclic) bond motifs is 3. The molecule has 0 radical (unpaired) electrons. The topological polar surface area (TPSA) is 40.5 Å². The van der Waals surface area contributed by atoms with Gasteiger partial charge in [0.25, 0.3) is 0 Å². The smallest absolute Gasteiger partial charge is 0.315 e. The van der Waals surface area contributed by atoms with Crippen LogP contribution >= 0.6 is 0 Å². The van der Waals surface area contributed by atoms with E-state index in [4.69, 9.17) is 9.47 Å². The van der Waals surface area contributed by atoms with Gasteiger partial charge in [-0.25, -0.2) is 0 Å². The number of nitrogens with zero attached hydrogens (tertiary/aromatic N) is 1. The van der Waals surface area contributed by atoms with E-state index in [0.29, 0.717) is 0 Å². The van der Waals surface area contributed by atoms with Crippen molar-refractivity contribution in [2.45, 2.75) is 18.8 Å². The first kappa shape index (κ1) is 20.1. The fraction of sp³-hybridized carbons (Fsp3) is 0.179. The van der Waals surface area contributed by atoms with Crippen molar-refractivity contribution in [2.24, 2.45) is 0 Å². The van der Waals surface area contributed by atoms with Crippen LogP contribution in [0.5, 0.6) is 5.75 Å². The molecule has 1 aliphatic rings. The number of esters is 1. The number of aromatic nitrogens is 1. The number of carbonyl (C=O) groups excluding carboxylic acids is 1. The van der Waals surface area contributed by atoms with Gasteiger partial charge in [0, 0.05) is 22.7 Å². The average Bonchev–Trinajstić information content (AvgIpc) is 3.21. The van der Waals surface area contributed by atoms with E-state index in [-0.39, 0.29) is 11.9 Å². The Morgan fingerprint density at radius 1 is 0.906 bits per heavy atom. The van der Waals surface area contributed by atoms with E-state index in [9.17, 15) is 4.79 Å². The van der Waals surface area contributed by atoms with Gasteiger partial charge in [-0.3, -0.25) is 4.79 Å². The third kappa shape index (κ3) is 3.28. The number of rotatable bonds is 4. The molecule has 0 saturated carbocycles. The molecule has 0 N–H and O–H groups in total. The minimum atomic E-state index is -0.450. The molecule has 4 aromatic rings. The monoisotopic (exact) mass is 423 g/mol. The Morgan fingerprint density at radius 2 is 1.66 bits per heavy atom. The highest BCUT2D eigenvalue weighted by Gasteiger charge is 2.38. The quantitative estimate of drug-likeness (QED) is 0.384. The predicted molar refractivity (Wildman–Crippen MR) is 127 cm³/mol. The summed E-state index contributed by atoms with van der Waals surface area (Å²) in [4.78, 5) is 13.1. The molecule has 2 atom stereocenters. The van der Waals surface area contributed by atoms with E-state index in [1.165, 1.54) is 12.7 Å². The molecule has 4 nitrogen and oxygen atoms in total. The summed E-state index contributed by atoms with van der Waals surface area (Å²) >= 11 is 0. The standard InChI is InChI=1S/C28H25NO3/c1-18-9-14-24-21(15-18)16-26-27(28(30)32-3)23(19-10-12-22(31-2)13-11-19)17-25(29(24)26)20-7-5-4-6-8-20/h4-17,23,27H,1-3H3/t23-,27-/m0/s1. The van der Waals surface area contributed by atoms with Crippen molar-refractivity contribution in [1.82, 2.24) is 4.57 Å². The zero-order valence-corrected chi connectivity index (χ0v) is 18.4. The molecule has 5 rings (SSSR count). The van der Waals surface area contributed by atoms with Crippen molar-refractivity contribution in [3.63, 3.8) is 0 Å². The van der Waals surface area contributed by atoms with Crippen molar-refractivity contribution in [2.75, 3.05) is 14.2 Å². The summed E-state index contributed by atoms with van der Waals surface area (Å²) in [6, 6.07) is 26.8. The van der Waals surface area contributed by atoms with Crippen LogP contribution in [-0.4, -0.2) is 24.8 Å². The first-order chi connectivity index (χ1) is 15.6. The van der Waals surface area contributed by atoms with E-state index in [1.807, 2.05) is 42.5 Å². The Morgan fingerprint density at radius 3 is 2.34 bits per heavy atom. The van der Waals surface area contributed by atoms with Crippen LogP contribution in [0.4, 0.5) is 0 Å². The molecule has 0 spiro atoms. The highest BCUT2D eigenvalue weighted by molar-refractivity contribution is 5.93. The van der Waals surface area contributed by atoms with Gasteiger partial charge in [0.2, 0.25) is 0 Å². The molecule has 2 heterocycles. The summed E-state index contributed by atoms with van der Waals surface area (Å²) in [5.41, 5.74) is 6.44. The van der Waals surface area contributed by atoms with E-state index < -0.39 is 5.92 Å². The fourth-order valence-electron chi connectivity index (χ4n) is 4.72. The van der Waals surface area contributed by atoms with Gasteiger partial charge in [-0.15, -0.1) is 0 Å². The molecule has 0 bridgehead atoms. The van der Waals surface area contributed by atoms with Crippen LogP contribution in [0, 0.1) is 6.92 Å². The van der Waals surface area contributed by atoms with Gasteiger partial charge in [-0.1, -0.05) is 60.2 Å². The number of allylic oxidation sites excluding steroid dienone is 1. The zero-order valence-electron chi connectivity index (χ0n) is 18.4. The SMILES string of the molecule is COC(=O)[C@@H]1c2cc3cc(C)ccc3n2C(c2ccccc2)=C[C@H]1c1ccc(OC)cc1. The molecule has 1 aliphatic heterocycles. The minimum absolute atomic E-state index is 0.165. The minimum Gasteiger partial charge on any atom is -0.497 e. The third-order valence-corrected chi connectivity index (χ3v) is 6.27. The second-order valence-corrected chi connectivity index (χ2v) is 8.18. The van der Waals surface area contributed by atoms with Gasteiger partial charge in [0.05, 0.1) is 19.7 Å². The molecular weight excluding hydrogens is 398 g/mol. The molecular formula is C28H25NO3. The second kappa shape index (κ2) is 8.04. The number of aryl methyl sites for hydroxylation is 1. The van der Waals surface area contributed by atoms with Crippen molar-refractivity contribution < 1.29 is 14.3 Å². The Balaban J connectivity index is 1.79. The van der Waals surface area contributed by atoms with Gasteiger partial charge in [-0.05, 0) is 48.4 Å². The van der Waals surface area contributed by atoms with Gasteiger partial charge < -0.3 is 14.0 Å². The van der Waals surface area contributed by atoms with Crippen molar-refractivity contribution in [1.29, 1.82) is 0 Å². The van der Waals surface area contributed by atoms with Gasteiger partial charge in [0.1, 0.15) is 11.7 Å². The summed E-state index contributed by atoms with van der Waals surface area (Å²) in [5, 5.41) is 1.12. The first-order valence-electron chi connectivity index (χ1n) is 10.7. The third-order valence-electron chi connectivity index (χ3n) is 6.27. The lowest BCUT2D eigenvalue weighted by Crippen LogP contribution is -2.27. The lowest BCUT2D eigenvalue weighted by Gasteiger charge is -2.31. The Labute approximate surface area is 187 Å². The Bertz CT molecular complexity index is 1320. The van der Waals surface area contributed by atoms with E-state index >= 15 is 0 Å². The molecule has 3 aromatic carbocycles. The fourth-order valence-corrected chi connectivity index (χ4v) is 4.72. The number of carbonyl (C=O) groups is 1. The molecule has 0 aliphatic carbocycles. The number of hydrogen-bond donors (Lipinski definition) is 0. The van der Waals surface area contributed by atoms with Crippen LogP contribution < -0.4 is 4.74 Å². The summed E-state index contributed by atoms with van der Waals surface area (Å²) in [6.07, 6.45) is 2.20. The average molecular weight is 424 g/mol. The van der Waals surface area contributed by atoms with Crippen molar-refractivity contribution >= 4 is 22.6 Å². The maximum absolute atomic E-state index is 13.1. The number of ether oxygens (including phenoxy) is 2. The summed E-state index contributed by atoms with van der Waals surface area (Å²) < 4.78 is 12.9. The van der Waals surface area contributed by atoms with Crippen LogP contribution in [0.15, 0.2) is 84.9 Å². The van der Waals surface area contributed by atoms with Crippen molar-refractivity contribution in [3.05, 3.63) is 107 Å². The van der Waals surface area contributed by atoms with Crippen LogP contribution in [0.25, 0.3) is 16.6 Å². The molecule has 0 amide bonds. The highest BCUT2D eigenvalue weighted by atomic mass is 16.5. The maximum Gasteiger partial charge on any atom is 0.315 e. The molecule has 4 heteroatoms. The van der Waals surface area contributed by atoms with Crippen LogP contribution in [0.2, 0.25) is 0 Å². The van der Waals surface area contributed by atoms with Crippen LogP contribution in [0.1, 0.15) is 34.2 Å². The van der Waals surface area contributed by atoms with Gasteiger partial charge in [-0.2, -0.15) is 0 Å². The van der Waals surface area contributed by atoms with E-state index in [2.05, 4.69) is 54.0 Å². The molecule has 1 aromatic heterocycles. The van der Waals surface area contributed by atoms with Gasteiger partial charge in [0.15, 0.2) is 0 Å². The van der Waals surface area contributed by atoms with Crippen molar-refractivity contribution in [3.8, 4) is 5.75 Å². The lowest BCUT2D eigenvalue weighted by atomic mass is 9.80. The van der Waals surface area contributed by atoms with Gasteiger partial charge >= 0.3 is 5.97 Å². The molecule has 0 saturated heterocycles. The Hall–Kier alpha value is -3.79. The van der Waals surface area contributed by atoms with Crippen LogP contribution in [0.3, 0.4) is 0 Å². The van der Waals surface area contributed by atoms with E-state index in [1.54, 1.807) is 7.11 Å². The maximum atomic E-state index is 13.1. The molecule has 0 fully saturated rings. The highest BCUT2D eigenvalue weighted by Crippen LogP contribution is 2.45. The molecule has 0 unspecified atom stereocenters. The molecule has 32 heavy (non-hydrogen) atoms. The number of benzene rings is 3. The largest absolute Gasteiger partial charge is 0.497 e. The lowest BCUT2D eigenvalue weighted by molar-refractivity contribution is -0.142. The normalized spacial score (nSPS) is 17.5. The number of hydrogen-bond acceptors (Lipinski definition) is 3. The predicted octanol–water partition coefficient (Wildman–Crippen LogP) is 5.90. The summed E-state index contributed by atoms with van der Waals surface area (Å²) in [6.45, 7) is 2.09. The van der Waals surface area contributed by atoms with Crippen LogP contribution in [-0.2, 0) is 9.53 Å². The zero-order chi connectivity index (χ0) is 22.2. The Kier molecular flexibility index (Phi) is 5.06. The molecule has 160 valence electrons. The second-order valence-electron chi connectivity index (χ2n) is 8.18. The summed E-state index contributed by atoms with van der Waals surface area (Å²) in [5.74, 6) is -0.0685. The first-order valence-corrected chi connectivity index (χ1v) is 10.7. The summed E-state index contributed by atoms with van der Waals surface area (Å²) in [7, 11) is 3.11. The van der Waals surface area contributed by atoms with E-state index in [0.717, 1.165) is 39.2 Å². The number of methoxy groups -OCH3 is 2.